The summed E-state index contributed by atoms with van der Waals surface area (Å²) in [4.78, 5) is 12.7. The number of hydrogen-bond acceptors (Lipinski definition) is 3. The third-order valence-corrected chi connectivity index (χ3v) is 6.01. The Balaban J connectivity index is 1.68. The first kappa shape index (κ1) is 20.3. The van der Waals surface area contributed by atoms with Gasteiger partial charge in [-0.3, -0.25) is 0 Å². The summed E-state index contributed by atoms with van der Waals surface area (Å²) in [6.07, 6.45) is 1.45. The Bertz CT molecular complexity index is 981. The van der Waals surface area contributed by atoms with Gasteiger partial charge in [-0.2, -0.15) is 5.10 Å². The van der Waals surface area contributed by atoms with Crippen molar-refractivity contribution in [3.8, 4) is 0 Å². The third-order valence-electron chi connectivity index (χ3n) is 3.46. The highest BCUT2D eigenvalue weighted by Gasteiger charge is 2.20. The molecule has 0 saturated heterocycles. The first-order chi connectivity index (χ1) is 12.8. The van der Waals surface area contributed by atoms with Gasteiger partial charge < -0.3 is 5.32 Å². The number of halogens is 5. The van der Waals surface area contributed by atoms with E-state index in [0.29, 0.717) is 32.1 Å². The number of amides is 2. The highest BCUT2D eigenvalue weighted by atomic mass is 35.5. The van der Waals surface area contributed by atoms with Gasteiger partial charge in [-0.1, -0.05) is 46.4 Å². The first-order valence-corrected chi connectivity index (χ1v) is 9.91. The number of thioether (sulfide) groups is 1. The molecule has 1 aliphatic rings. The van der Waals surface area contributed by atoms with Crippen LogP contribution in [0.5, 0.6) is 0 Å². The van der Waals surface area contributed by atoms with Gasteiger partial charge in [-0.25, -0.2) is 14.6 Å². The Hall–Kier alpha value is -1.44. The largest absolute Gasteiger partial charge is 0.339 e. The molecule has 27 heavy (non-hydrogen) atoms. The number of fused-ring (bicyclic) bond motifs is 1. The molecule has 3 rings (SSSR count). The Morgan fingerprint density at radius 1 is 1.15 bits per heavy atom. The van der Waals surface area contributed by atoms with E-state index in [2.05, 4.69) is 15.8 Å². The van der Waals surface area contributed by atoms with E-state index in [1.54, 1.807) is 12.1 Å². The molecule has 140 valence electrons. The van der Waals surface area contributed by atoms with Crippen molar-refractivity contribution < 1.29 is 9.18 Å². The Kier molecular flexibility index (Phi) is 6.55. The van der Waals surface area contributed by atoms with E-state index in [0.717, 1.165) is 16.5 Å². The maximum atomic E-state index is 13.1. The van der Waals surface area contributed by atoms with E-state index in [9.17, 15) is 9.18 Å². The van der Waals surface area contributed by atoms with Gasteiger partial charge in [0.05, 0.1) is 21.3 Å². The van der Waals surface area contributed by atoms with E-state index in [1.807, 2.05) is 0 Å². The molecule has 4 nitrogen and oxygen atoms in total. The molecule has 10 heteroatoms. The average Bonchev–Trinajstić information content (AvgIpc) is 2.60. The molecule has 0 saturated carbocycles. The van der Waals surface area contributed by atoms with Gasteiger partial charge in [0, 0.05) is 32.5 Å². The standard InChI is InChI=1S/C17H10Cl4FN3OS/c18-9-3-11-15(21)8(7-27-16(11)13(20)4-9)6-23-25-17(26)24-10-1-2-14(22)12(19)5-10/h1-6H,7H2,(H2,24,25,26)/b23-6+. The second kappa shape index (κ2) is 8.71. The molecular weight excluding hydrogens is 455 g/mol. The van der Waals surface area contributed by atoms with Crippen molar-refractivity contribution in [1.29, 1.82) is 0 Å². The summed E-state index contributed by atoms with van der Waals surface area (Å²) < 4.78 is 13.1. The summed E-state index contributed by atoms with van der Waals surface area (Å²) in [5.41, 5.74) is 4.07. The van der Waals surface area contributed by atoms with Crippen molar-refractivity contribution >= 4 is 81.1 Å². The molecule has 0 aromatic heterocycles. The van der Waals surface area contributed by atoms with Gasteiger partial charge in [0.15, 0.2) is 0 Å². The zero-order valence-electron chi connectivity index (χ0n) is 13.3. The zero-order chi connectivity index (χ0) is 19.6. The van der Waals surface area contributed by atoms with Crippen LogP contribution in [0.4, 0.5) is 14.9 Å². The van der Waals surface area contributed by atoms with Crippen LogP contribution in [0.15, 0.2) is 45.9 Å². The minimum absolute atomic E-state index is 0.0940. The molecule has 0 unspecified atom stereocenters. The molecule has 0 fully saturated rings. The highest BCUT2D eigenvalue weighted by Crippen LogP contribution is 2.43. The number of carbonyl (C=O) groups excluding carboxylic acids is 1. The topological polar surface area (TPSA) is 53.5 Å². The van der Waals surface area contributed by atoms with Gasteiger partial charge >= 0.3 is 6.03 Å². The van der Waals surface area contributed by atoms with Crippen molar-refractivity contribution in [3.05, 3.63) is 62.4 Å². The molecule has 1 aliphatic heterocycles. The fourth-order valence-corrected chi connectivity index (χ4v) is 4.52. The summed E-state index contributed by atoms with van der Waals surface area (Å²) in [5, 5.41) is 7.75. The Morgan fingerprint density at radius 2 is 1.93 bits per heavy atom. The van der Waals surface area contributed by atoms with Gasteiger partial charge in [0.1, 0.15) is 5.82 Å². The molecule has 0 radical (unpaired) electrons. The van der Waals surface area contributed by atoms with Crippen LogP contribution in [0.1, 0.15) is 5.56 Å². The van der Waals surface area contributed by atoms with E-state index < -0.39 is 11.8 Å². The molecule has 2 amide bonds. The summed E-state index contributed by atoms with van der Waals surface area (Å²) >= 11 is 25.8. The molecule has 1 heterocycles. The summed E-state index contributed by atoms with van der Waals surface area (Å²) in [7, 11) is 0. The Morgan fingerprint density at radius 3 is 2.67 bits per heavy atom. The van der Waals surface area contributed by atoms with Gasteiger partial charge in [0.2, 0.25) is 0 Å². The minimum atomic E-state index is -0.611. The van der Waals surface area contributed by atoms with E-state index in [4.69, 9.17) is 46.4 Å². The fraction of sp³-hybridized carbons (Fsp3) is 0.0588. The number of benzene rings is 2. The molecule has 0 spiro atoms. The lowest BCUT2D eigenvalue weighted by atomic mass is 10.1. The molecule has 2 N–H and O–H groups in total. The normalized spacial score (nSPS) is 13.7. The van der Waals surface area contributed by atoms with Crippen LogP contribution < -0.4 is 10.7 Å². The number of nitrogens with zero attached hydrogens (tertiary/aromatic N) is 1. The van der Waals surface area contributed by atoms with Crippen molar-refractivity contribution in [1.82, 2.24) is 5.43 Å². The minimum Gasteiger partial charge on any atom is -0.306 e. The third kappa shape index (κ3) is 4.89. The van der Waals surface area contributed by atoms with Crippen molar-refractivity contribution in [2.45, 2.75) is 4.90 Å². The lowest BCUT2D eigenvalue weighted by Gasteiger charge is -2.18. The van der Waals surface area contributed by atoms with Gasteiger partial charge in [-0.15, -0.1) is 11.8 Å². The molecule has 0 aliphatic carbocycles. The zero-order valence-corrected chi connectivity index (χ0v) is 17.2. The van der Waals surface area contributed by atoms with Crippen LogP contribution in [-0.4, -0.2) is 18.0 Å². The lowest BCUT2D eigenvalue weighted by molar-refractivity contribution is 0.252. The highest BCUT2D eigenvalue weighted by molar-refractivity contribution is 7.99. The van der Waals surface area contributed by atoms with Crippen molar-refractivity contribution in [3.63, 3.8) is 0 Å². The van der Waals surface area contributed by atoms with Gasteiger partial charge in [-0.05, 0) is 30.3 Å². The van der Waals surface area contributed by atoms with Crippen molar-refractivity contribution in [2.24, 2.45) is 5.10 Å². The monoisotopic (exact) mass is 463 g/mol. The quantitative estimate of drug-likeness (QED) is 0.394. The van der Waals surface area contributed by atoms with Crippen LogP contribution in [0.25, 0.3) is 5.03 Å². The number of urea groups is 1. The molecule has 2 aromatic carbocycles. The second-order valence-corrected chi connectivity index (χ2v) is 7.96. The predicted octanol–water partition coefficient (Wildman–Crippen LogP) is 6.65. The maximum absolute atomic E-state index is 13.1. The predicted molar refractivity (Wildman–Crippen MR) is 112 cm³/mol. The van der Waals surface area contributed by atoms with Crippen LogP contribution in [0.2, 0.25) is 15.1 Å². The van der Waals surface area contributed by atoms with E-state index in [-0.39, 0.29) is 5.02 Å². The van der Waals surface area contributed by atoms with E-state index >= 15 is 0 Å². The number of nitrogens with one attached hydrogen (secondary N) is 2. The number of rotatable bonds is 3. The first-order valence-electron chi connectivity index (χ1n) is 7.41. The summed E-state index contributed by atoms with van der Waals surface area (Å²) in [6.45, 7) is 0. The van der Waals surface area contributed by atoms with Crippen LogP contribution in [0, 0.1) is 5.82 Å². The molecule has 0 atom stereocenters. The van der Waals surface area contributed by atoms with E-state index in [1.165, 1.54) is 30.1 Å². The SMILES string of the molecule is O=C(N/N=C/C1=C(Cl)c2cc(Cl)cc(Cl)c2SC1)Nc1ccc(F)c(Cl)c1. The number of carbonyl (C=O) groups is 1. The summed E-state index contributed by atoms with van der Waals surface area (Å²) in [5.74, 6) is -0.0365. The van der Waals surface area contributed by atoms with Crippen LogP contribution >= 0.6 is 58.2 Å². The lowest BCUT2D eigenvalue weighted by Crippen LogP contribution is -2.24. The van der Waals surface area contributed by atoms with Crippen LogP contribution in [-0.2, 0) is 0 Å². The number of hydrogen-bond donors (Lipinski definition) is 2. The average molecular weight is 465 g/mol. The smallest absolute Gasteiger partial charge is 0.306 e. The van der Waals surface area contributed by atoms with Crippen molar-refractivity contribution in [2.75, 3.05) is 11.1 Å². The second-order valence-electron chi connectivity index (χ2n) is 5.35. The fourth-order valence-electron chi connectivity index (χ4n) is 2.25. The molecule has 2 aromatic rings. The number of anilines is 1. The Labute approximate surface area is 178 Å². The van der Waals surface area contributed by atoms with Crippen LogP contribution in [0.3, 0.4) is 0 Å². The number of hydrazone groups is 1. The maximum Gasteiger partial charge on any atom is 0.339 e. The van der Waals surface area contributed by atoms with Gasteiger partial charge in [0.25, 0.3) is 0 Å². The molecule has 0 bridgehead atoms. The molecular formula is C17H10Cl4FN3OS. The summed E-state index contributed by atoms with van der Waals surface area (Å²) in [6, 6.07) is 6.60.